The molecule has 0 aliphatic heterocycles. The van der Waals surface area contributed by atoms with Crippen molar-refractivity contribution < 1.29 is 33.6 Å². The van der Waals surface area contributed by atoms with Gasteiger partial charge in [0, 0.05) is 5.56 Å². The Kier molecular flexibility index (Phi) is 6.00. The maximum atomic E-state index is 13.4. The van der Waals surface area contributed by atoms with Crippen LogP contribution >= 0.6 is 0 Å². The molecule has 0 aromatic heterocycles. The molecule has 0 saturated carbocycles. The van der Waals surface area contributed by atoms with Gasteiger partial charge in [-0.05, 0) is 24.6 Å². The molecule has 112 valence electrons. The van der Waals surface area contributed by atoms with Gasteiger partial charge in [-0.1, -0.05) is 0 Å². The molecule has 2 unspecified atom stereocenters. The third-order valence-electron chi connectivity index (χ3n) is 2.71. The molecule has 0 bridgehead atoms. The Morgan fingerprint density at radius 3 is 2.30 bits per heavy atom. The average Bonchev–Trinajstić information content (AvgIpc) is 2.37. The molecular weight excluding hydrogens is 274 g/mol. The minimum atomic E-state index is -1.64. The molecule has 0 aliphatic carbocycles. The normalized spacial score (nSPS) is 13.9. The van der Waals surface area contributed by atoms with Crippen LogP contribution in [0.5, 0.6) is 0 Å². The quantitative estimate of drug-likeness (QED) is 0.675. The monoisotopic (exact) mass is 290 g/mol. The molecule has 0 spiro atoms. The van der Waals surface area contributed by atoms with E-state index in [9.17, 15) is 23.8 Å². The lowest BCUT2D eigenvalue weighted by molar-refractivity contribution is -0.147. The Morgan fingerprint density at radius 1 is 1.30 bits per heavy atom. The molecule has 1 rings (SSSR count). The summed E-state index contributed by atoms with van der Waals surface area (Å²) in [5, 5.41) is 28.2. The van der Waals surface area contributed by atoms with Crippen LogP contribution in [-0.2, 0) is 16.1 Å². The zero-order valence-electron chi connectivity index (χ0n) is 10.8. The van der Waals surface area contributed by atoms with Crippen molar-refractivity contribution in [1.82, 2.24) is 0 Å². The summed E-state index contributed by atoms with van der Waals surface area (Å²) in [6.07, 6.45) is -3.69. The number of carbonyl (C=O) groups excluding carboxylic acids is 1. The fourth-order valence-electron chi connectivity index (χ4n) is 1.67. The summed E-state index contributed by atoms with van der Waals surface area (Å²) >= 11 is 0. The Bertz CT molecular complexity index is 455. The summed E-state index contributed by atoms with van der Waals surface area (Å²) < 4.78 is 31.5. The highest BCUT2D eigenvalue weighted by atomic mass is 19.1. The summed E-state index contributed by atoms with van der Waals surface area (Å²) in [4.78, 5) is 11.1. The van der Waals surface area contributed by atoms with Crippen LogP contribution in [0.2, 0.25) is 0 Å². The average molecular weight is 290 g/mol. The molecule has 0 heterocycles. The van der Waals surface area contributed by atoms with Gasteiger partial charge in [0.2, 0.25) is 0 Å². The number of carbonyl (C=O) groups is 1. The lowest BCUT2D eigenvalue weighted by Gasteiger charge is -2.18. The first-order chi connectivity index (χ1) is 9.40. The van der Waals surface area contributed by atoms with Crippen molar-refractivity contribution >= 4 is 5.97 Å². The van der Waals surface area contributed by atoms with Crippen molar-refractivity contribution in [2.75, 3.05) is 6.61 Å². The zero-order chi connectivity index (χ0) is 15.3. The number of aliphatic hydroxyl groups excluding tert-OH is 3. The molecule has 3 N–H and O–H groups in total. The van der Waals surface area contributed by atoms with Gasteiger partial charge in [0.15, 0.2) is 0 Å². The molecule has 7 heteroatoms. The molecule has 20 heavy (non-hydrogen) atoms. The highest BCUT2D eigenvalue weighted by Crippen LogP contribution is 2.24. The van der Waals surface area contributed by atoms with E-state index in [4.69, 9.17) is 5.11 Å². The number of hydrogen-bond donors (Lipinski definition) is 3. The van der Waals surface area contributed by atoms with Gasteiger partial charge in [0.05, 0.1) is 25.7 Å². The van der Waals surface area contributed by atoms with Gasteiger partial charge in [-0.15, -0.1) is 0 Å². The fraction of sp³-hybridized carbons (Fsp3) is 0.462. The van der Waals surface area contributed by atoms with Crippen LogP contribution in [0.25, 0.3) is 0 Å². The van der Waals surface area contributed by atoms with E-state index in [0.29, 0.717) is 0 Å². The minimum absolute atomic E-state index is 0.121. The van der Waals surface area contributed by atoms with Crippen LogP contribution in [-0.4, -0.2) is 34.0 Å². The predicted octanol–water partition coefficient (Wildman–Crippen LogP) is 0.805. The minimum Gasteiger partial charge on any atom is -0.466 e. The highest BCUT2D eigenvalue weighted by Gasteiger charge is 2.24. The third kappa shape index (κ3) is 3.96. The standard InChI is InChI=1S/C13H16F2O5/c1-2-20-12(18)5-11(17)13(19)7-3-9(14)8(6-16)10(15)4-7/h3-4,11,13,16-17,19H,2,5-6H2,1H3. The summed E-state index contributed by atoms with van der Waals surface area (Å²) in [5.74, 6) is -2.80. The van der Waals surface area contributed by atoms with Gasteiger partial charge >= 0.3 is 5.97 Å². The Labute approximate surface area is 114 Å². The van der Waals surface area contributed by atoms with E-state index in [1.165, 1.54) is 0 Å². The fourth-order valence-corrected chi connectivity index (χ4v) is 1.67. The SMILES string of the molecule is CCOC(=O)CC(O)C(O)c1cc(F)c(CO)c(F)c1. The van der Waals surface area contributed by atoms with Crippen LogP contribution in [0, 0.1) is 11.6 Å². The number of halogens is 2. The van der Waals surface area contributed by atoms with E-state index in [1.54, 1.807) is 6.92 Å². The van der Waals surface area contributed by atoms with Crippen molar-refractivity contribution in [2.45, 2.75) is 32.2 Å². The zero-order valence-corrected chi connectivity index (χ0v) is 10.8. The maximum absolute atomic E-state index is 13.4. The number of esters is 1. The molecule has 5 nitrogen and oxygen atoms in total. The van der Waals surface area contributed by atoms with Crippen LogP contribution in [0.4, 0.5) is 8.78 Å². The van der Waals surface area contributed by atoms with E-state index in [0.717, 1.165) is 12.1 Å². The van der Waals surface area contributed by atoms with Crippen LogP contribution in [0.15, 0.2) is 12.1 Å². The van der Waals surface area contributed by atoms with E-state index in [1.807, 2.05) is 0 Å². The second kappa shape index (κ2) is 7.28. The van der Waals surface area contributed by atoms with Crippen LogP contribution in [0.1, 0.15) is 30.6 Å². The van der Waals surface area contributed by atoms with Crippen molar-refractivity contribution in [3.8, 4) is 0 Å². The van der Waals surface area contributed by atoms with Gasteiger partial charge in [-0.3, -0.25) is 4.79 Å². The molecule has 1 aromatic rings. The summed E-state index contributed by atoms with van der Waals surface area (Å²) in [7, 11) is 0. The predicted molar refractivity (Wildman–Crippen MR) is 64.5 cm³/mol. The second-order valence-corrected chi connectivity index (χ2v) is 4.14. The topological polar surface area (TPSA) is 87.0 Å². The first-order valence-corrected chi connectivity index (χ1v) is 6.01. The number of ether oxygens (including phenoxy) is 1. The third-order valence-corrected chi connectivity index (χ3v) is 2.71. The summed E-state index contributed by atoms with van der Waals surface area (Å²) in [5.41, 5.74) is -0.755. The Morgan fingerprint density at radius 2 is 1.85 bits per heavy atom. The van der Waals surface area contributed by atoms with Crippen molar-refractivity contribution in [3.63, 3.8) is 0 Å². The van der Waals surface area contributed by atoms with Crippen molar-refractivity contribution in [2.24, 2.45) is 0 Å². The molecule has 2 atom stereocenters. The van der Waals surface area contributed by atoms with E-state index < -0.39 is 48.4 Å². The van der Waals surface area contributed by atoms with Gasteiger partial charge < -0.3 is 20.1 Å². The first kappa shape index (κ1) is 16.5. The molecule has 0 aliphatic rings. The number of hydrogen-bond acceptors (Lipinski definition) is 5. The van der Waals surface area contributed by atoms with Gasteiger partial charge in [0.1, 0.15) is 17.7 Å². The molecular formula is C13H16F2O5. The van der Waals surface area contributed by atoms with E-state index in [-0.39, 0.29) is 12.2 Å². The van der Waals surface area contributed by atoms with Crippen molar-refractivity contribution in [1.29, 1.82) is 0 Å². The summed E-state index contributed by atoms with van der Waals surface area (Å²) in [6.45, 7) is 0.884. The summed E-state index contributed by atoms with van der Waals surface area (Å²) in [6, 6.07) is 1.60. The molecule has 1 aromatic carbocycles. The number of benzene rings is 1. The Balaban J connectivity index is 2.86. The first-order valence-electron chi connectivity index (χ1n) is 6.01. The second-order valence-electron chi connectivity index (χ2n) is 4.14. The number of rotatable bonds is 6. The van der Waals surface area contributed by atoms with Crippen LogP contribution in [0.3, 0.4) is 0 Å². The molecule has 0 amide bonds. The lowest BCUT2D eigenvalue weighted by atomic mass is 10.00. The maximum Gasteiger partial charge on any atom is 0.308 e. The smallest absolute Gasteiger partial charge is 0.308 e. The molecule has 0 radical (unpaired) electrons. The molecule has 0 saturated heterocycles. The van der Waals surface area contributed by atoms with Crippen LogP contribution < -0.4 is 0 Å². The Hall–Kier alpha value is -1.57. The van der Waals surface area contributed by atoms with E-state index in [2.05, 4.69) is 4.74 Å². The van der Waals surface area contributed by atoms with Gasteiger partial charge in [0.25, 0.3) is 0 Å². The highest BCUT2D eigenvalue weighted by molar-refractivity contribution is 5.70. The lowest BCUT2D eigenvalue weighted by Crippen LogP contribution is -2.23. The van der Waals surface area contributed by atoms with Gasteiger partial charge in [-0.2, -0.15) is 0 Å². The number of aliphatic hydroxyl groups is 3. The van der Waals surface area contributed by atoms with E-state index >= 15 is 0 Å². The largest absolute Gasteiger partial charge is 0.466 e. The molecule has 0 fully saturated rings. The van der Waals surface area contributed by atoms with Gasteiger partial charge in [-0.25, -0.2) is 8.78 Å². The van der Waals surface area contributed by atoms with Crippen molar-refractivity contribution in [3.05, 3.63) is 34.9 Å².